The SMILES string of the molecule is CC(/C=C/C(=O)O)NC(=O)c1ccc(CN2CCc3ccccc3C2)cc1. The number of rotatable bonds is 6. The maximum Gasteiger partial charge on any atom is 0.328 e. The van der Waals surface area contributed by atoms with Crippen molar-refractivity contribution in [3.63, 3.8) is 0 Å². The zero-order chi connectivity index (χ0) is 19.2. The normalized spacial score (nSPS) is 15.3. The molecule has 3 rings (SSSR count). The first-order valence-electron chi connectivity index (χ1n) is 9.11. The largest absolute Gasteiger partial charge is 0.478 e. The molecular weight excluding hydrogens is 340 g/mol. The van der Waals surface area contributed by atoms with E-state index in [1.807, 2.05) is 24.3 Å². The van der Waals surface area contributed by atoms with Crippen LogP contribution in [-0.2, 0) is 24.3 Å². The topological polar surface area (TPSA) is 69.6 Å². The Hall–Kier alpha value is -2.92. The predicted molar refractivity (Wildman–Crippen MR) is 104 cm³/mol. The molecule has 2 aromatic rings. The van der Waals surface area contributed by atoms with Crippen molar-refractivity contribution < 1.29 is 14.7 Å². The van der Waals surface area contributed by atoms with Crippen LogP contribution in [0, 0.1) is 0 Å². The van der Waals surface area contributed by atoms with E-state index < -0.39 is 5.97 Å². The smallest absolute Gasteiger partial charge is 0.328 e. The van der Waals surface area contributed by atoms with E-state index in [1.54, 1.807) is 6.92 Å². The highest BCUT2D eigenvalue weighted by Gasteiger charge is 2.16. The highest BCUT2D eigenvalue weighted by molar-refractivity contribution is 5.94. The van der Waals surface area contributed by atoms with Crippen LogP contribution < -0.4 is 5.32 Å². The molecular formula is C22H24N2O3. The lowest BCUT2D eigenvalue weighted by molar-refractivity contribution is -0.131. The number of carboxylic acids is 1. The lowest BCUT2D eigenvalue weighted by Crippen LogP contribution is -2.31. The van der Waals surface area contributed by atoms with E-state index in [1.165, 1.54) is 22.8 Å². The lowest BCUT2D eigenvalue weighted by atomic mass is 9.99. The van der Waals surface area contributed by atoms with Gasteiger partial charge in [0.2, 0.25) is 0 Å². The van der Waals surface area contributed by atoms with Crippen LogP contribution in [0.4, 0.5) is 0 Å². The van der Waals surface area contributed by atoms with Gasteiger partial charge in [-0.2, -0.15) is 0 Å². The Morgan fingerprint density at radius 3 is 2.56 bits per heavy atom. The van der Waals surface area contributed by atoms with Crippen LogP contribution in [0.1, 0.15) is 34.0 Å². The molecule has 0 aliphatic carbocycles. The van der Waals surface area contributed by atoms with E-state index in [2.05, 4.69) is 34.5 Å². The van der Waals surface area contributed by atoms with E-state index >= 15 is 0 Å². The van der Waals surface area contributed by atoms with Crippen LogP contribution in [0.5, 0.6) is 0 Å². The number of nitrogens with one attached hydrogen (secondary N) is 1. The van der Waals surface area contributed by atoms with E-state index in [-0.39, 0.29) is 11.9 Å². The van der Waals surface area contributed by atoms with Crippen molar-refractivity contribution in [2.75, 3.05) is 6.54 Å². The van der Waals surface area contributed by atoms with Crippen LogP contribution in [0.25, 0.3) is 0 Å². The molecule has 1 atom stereocenters. The maximum absolute atomic E-state index is 12.2. The Labute approximate surface area is 159 Å². The molecule has 2 aromatic carbocycles. The van der Waals surface area contributed by atoms with Gasteiger partial charge >= 0.3 is 5.97 Å². The van der Waals surface area contributed by atoms with Crippen LogP contribution >= 0.6 is 0 Å². The van der Waals surface area contributed by atoms with E-state index in [0.29, 0.717) is 5.56 Å². The summed E-state index contributed by atoms with van der Waals surface area (Å²) in [7, 11) is 0. The van der Waals surface area contributed by atoms with E-state index in [4.69, 9.17) is 5.11 Å². The maximum atomic E-state index is 12.2. The molecule has 0 saturated carbocycles. The van der Waals surface area contributed by atoms with Crippen LogP contribution in [-0.4, -0.2) is 34.5 Å². The Bertz CT molecular complexity index is 843. The van der Waals surface area contributed by atoms with E-state index in [9.17, 15) is 9.59 Å². The van der Waals surface area contributed by atoms with E-state index in [0.717, 1.165) is 32.1 Å². The van der Waals surface area contributed by atoms with Gasteiger partial charge in [-0.05, 0) is 42.2 Å². The Morgan fingerprint density at radius 1 is 1.15 bits per heavy atom. The minimum absolute atomic E-state index is 0.212. The van der Waals surface area contributed by atoms with Gasteiger partial charge in [-0.3, -0.25) is 9.69 Å². The summed E-state index contributed by atoms with van der Waals surface area (Å²) >= 11 is 0. The molecule has 27 heavy (non-hydrogen) atoms. The van der Waals surface area contributed by atoms with Crippen LogP contribution in [0.15, 0.2) is 60.7 Å². The predicted octanol–water partition coefficient (Wildman–Crippen LogP) is 3.00. The molecule has 0 fully saturated rings. The molecule has 5 nitrogen and oxygen atoms in total. The number of nitrogens with zero attached hydrogens (tertiary/aromatic N) is 1. The number of carboxylic acid groups (broad SMARTS) is 1. The summed E-state index contributed by atoms with van der Waals surface area (Å²) < 4.78 is 0. The summed E-state index contributed by atoms with van der Waals surface area (Å²) in [6, 6.07) is 15.8. The van der Waals surface area contributed by atoms with Crippen molar-refractivity contribution in [2.24, 2.45) is 0 Å². The molecule has 1 aliphatic rings. The van der Waals surface area contributed by atoms with Crippen LogP contribution in [0.2, 0.25) is 0 Å². The zero-order valence-electron chi connectivity index (χ0n) is 15.4. The van der Waals surface area contributed by atoms with Gasteiger partial charge in [-0.25, -0.2) is 4.79 Å². The Balaban J connectivity index is 1.56. The molecule has 1 amide bonds. The van der Waals surface area contributed by atoms with Crippen molar-refractivity contribution in [1.82, 2.24) is 10.2 Å². The summed E-state index contributed by atoms with van der Waals surface area (Å²) in [6.45, 7) is 4.58. The average Bonchev–Trinajstić information content (AvgIpc) is 2.67. The van der Waals surface area contributed by atoms with Gasteiger partial charge in [0.25, 0.3) is 5.91 Å². The highest BCUT2D eigenvalue weighted by Crippen LogP contribution is 2.20. The van der Waals surface area contributed by atoms with Crippen molar-refractivity contribution in [2.45, 2.75) is 32.5 Å². The number of carbonyl (C=O) groups excluding carboxylic acids is 1. The van der Waals surface area contributed by atoms with Crippen molar-refractivity contribution in [1.29, 1.82) is 0 Å². The Kier molecular flexibility index (Phi) is 6.04. The second-order valence-electron chi connectivity index (χ2n) is 6.89. The molecule has 1 unspecified atom stereocenters. The molecule has 0 aromatic heterocycles. The molecule has 1 aliphatic heterocycles. The number of fused-ring (bicyclic) bond motifs is 1. The van der Waals surface area contributed by atoms with Gasteiger partial charge in [0.15, 0.2) is 0 Å². The average molecular weight is 364 g/mol. The number of hydrogen-bond acceptors (Lipinski definition) is 3. The molecule has 0 saturated heterocycles. The standard InChI is InChI=1S/C22H24N2O3/c1-16(6-11-21(25)26)23-22(27)19-9-7-17(8-10-19)14-24-13-12-18-4-2-3-5-20(18)15-24/h2-11,16H,12-15H2,1H3,(H,23,27)(H,25,26)/b11-6+. The molecule has 0 radical (unpaired) electrons. The summed E-state index contributed by atoms with van der Waals surface area (Å²) in [5, 5.41) is 11.4. The molecule has 0 spiro atoms. The quantitative estimate of drug-likeness (QED) is 0.773. The van der Waals surface area contributed by atoms with Crippen molar-refractivity contribution in [3.8, 4) is 0 Å². The third-order valence-electron chi connectivity index (χ3n) is 4.72. The molecule has 2 N–H and O–H groups in total. The first-order chi connectivity index (χ1) is 13.0. The number of hydrogen-bond donors (Lipinski definition) is 2. The van der Waals surface area contributed by atoms with Gasteiger partial charge in [0.05, 0.1) is 0 Å². The summed E-state index contributed by atoms with van der Waals surface area (Å²) in [5.74, 6) is -1.24. The molecule has 140 valence electrons. The second-order valence-corrected chi connectivity index (χ2v) is 6.89. The number of aliphatic carboxylic acids is 1. The monoisotopic (exact) mass is 364 g/mol. The second kappa shape index (κ2) is 8.64. The fraction of sp³-hybridized carbons (Fsp3) is 0.273. The fourth-order valence-electron chi connectivity index (χ4n) is 3.27. The minimum atomic E-state index is -1.03. The zero-order valence-corrected chi connectivity index (χ0v) is 15.4. The molecule has 0 bridgehead atoms. The first-order valence-corrected chi connectivity index (χ1v) is 9.11. The summed E-state index contributed by atoms with van der Waals surface area (Å²) in [6.07, 6.45) is 3.55. The summed E-state index contributed by atoms with van der Waals surface area (Å²) in [5.41, 5.74) is 4.57. The van der Waals surface area contributed by atoms with Gasteiger partial charge in [-0.1, -0.05) is 42.5 Å². The lowest BCUT2D eigenvalue weighted by Gasteiger charge is -2.28. The third-order valence-corrected chi connectivity index (χ3v) is 4.72. The van der Waals surface area contributed by atoms with Gasteiger partial charge in [0, 0.05) is 37.3 Å². The van der Waals surface area contributed by atoms with Gasteiger partial charge < -0.3 is 10.4 Å². The molecule has 5 heteroatoms. The number of carbonyl (C=O) groups is 2. The first kappa shape index (κ1) is 18.9. The van der Waals surface area contributed by atoms with Crippen LogP contribution in [0.3, 0.4) is 0 Å². The van der Waals surface area contributed by atoms with Crippen molar-refractivity contribution in [3.05, 3.63) is 82.9 Å². The third kappa shape index (κ3) is 5.28. The number of benzene rings is 2. The molecule has 1 heterocycles. The highest BCUT2D eigenvalue weighted by atomic mass is 16.4. The number of amides is 1. The summed E-state index contributed by atoms with van der Waals surface area (Å²) in [4.78, 5) is 25.2. The van der Waals surface area contributed by atoms with Gasteiger partial charge in [0.1, 0.15) is 0 Å². The minimum Gasteiger partial charge on any atom is -0.478 e. The Morgan fingerprint density at radius 2 is 1.85 bits per heavy atom. The van der Waals surface area contributed by atoms with Crippen molar-refractivity contribution >= 4 is 11.9 Å². The fourth-order valence-corrected chi connectivity index (χ4v) is 3.27. The van der Waals surface area contributed by atoms with Gasteiger partial charge in [-0.15, -0.1) is 0 Å².